The maximum Gasteiger partial charge on any atom is 0.318 e. The van der Waals surface area contributed by atoms with Gasteiger partial charge in [0.25, 0.3) is 5.91 Å². The summed E-state index contributed by atoms with van der Waals surface area (Å²) >= 11 is 1.38. The number of thiazole rings is 1. The fourth-order valence-corrected chi connectivity index (χ4v) is 4.28. The number of urea groups is 1. The smallest absolute Gasteiger partial charge is 0.318 e. The predicted molar refractivity (Wildman–Crippen MR) is 115 cm³/mol. The van der Waals surface area contributed by atoms with Crippen molar-refractivity contribution >= 4 is 28.4 Å². The number of furan rings is 1. The van der Waals surface area contributed by atoms with E-state index in [1.807, 2.05) is 18.2 Å². The van der Waals surface area contributed by atoms with E-state index in [4.69, 9.17) is 13.9 Å². The van der Waals surface area contributed by atoms with Gasteiger partial charge in [-0.05, 0) is 23.8 Å². The van der Waals surface area contributed by atoms with Crippen LogP contribution in [0.5, 0.6) is 11.5 Å². The van der Waals surface area contributed by atoms with Gasteiger partial charge in [0.2, 0.25) is 0 Å². The van der Waals surface area contributed by atoms with E-state index < -0.39 is 0 Å². The first-order valence-electron chi connectivity index (χ1n) is 9.63. The Labute approximate surface area is 183 Å². The van der Waals surface area contributed by atoms with Crippen LogP contribution in [-0.2, 0) is 19.5 Å². The van der Waals surface area contributed by atoms with Crippen LogP contribution in [0.1, 0.15) is 26.5 Å². The third-order valence-electron chi connectivity index (χ3n) is 4.91. The number of nitrogens with zero attached hydrogens (tertiary/aromatic N) is 2. The van der Waals surface area contributed by atoms with E-state index in [0.29, 0.717) is 48.2 Å². The minimum absolute atomic E-state index is 0.155. The van der Waals surface area contributed by atoms with E-state index in [1.54, 1.807) is 25.2 Å². The molecule has 0 saturated carbocycles. The van der Waals surface area contributed by atoms with Crippen LogP contribution in [0, 0.1) is 0 Å². The van der Waals surface area contributed by atoms with Crippen LogP contribution in [0.2, 0.25) is 0 Å². The molecule has 0 atom stereocenters. The van der Waals surface area contributed by atoms with Crippen molar-refractivity contribution in [1.82, 2.24) is 15.2 Å². The second kappa shape index (κ2) is 9.09. The van der Waals surface area contributed by atoms with Crippen molar-refractivity contribution in [3.63, 3.8) is 0 Å². The first-order chi connectivity index (χ1) is 15.1. The molecule has 1 aromatic carbocycles. The van der Waals surface area contributed by atoms with Gasteiger partial charge in [0.15, 0.2) is 16.6 Å². The largest absolute Gasteiger partial charge is 0.493 e. The zero-order valence-electron chi connectivity index (χ0n) is 17.1. The van der Waals surface area contributed by atoms with Gasteiger partial charge >= 0.3 is 6.03 Å². The van der Waals surface area contributed by atoms with E-state index in [0.717, 1.165) is 16.1 Å². The molecule has 3 amide bonds. The van der Waals surface area contributed by atoms with Crippen LogP contribution in [-0.4, -0.2) is 42.6 Å². The van der Waals surface area contributed by atoms with Crippen molar-refractivity contribution in [2.75, 3.05) is 26.1 Å². The summed E-state index contributed by atoms with van der Waals surface area (Å²) in [5, 5.41) is 6.24. The van der Waals surface area contributed by atoms with Crippen molar-refractivity contribution in [3.05, 3.63) is 58.5 Å². The fourth-order valence-electron chi connectivity index (χ4n) is 3.27. The summed E-state index contributed by atoms with van der Waals surface area (Å²) in [4.78, 5) is 32.0. The number of anilines is 1. The van der Waals surface area contributed by atoms with E-state index in [9.17, 15) is 9.59 Å². The first-order valence-corrected chi connectivity index (χ1v) is 10.4. The highest BCUT2D eigenvalue weighted by Gasteiger charge is 2.24. The summed E-state index contributed by atoms with van der Waals surface area (Å²) < 4.78 is 15.5. The molecule has 0 unspecified atom stereocenters. The number of hydrogen-bond acceptors (Lipinski definition) is 7. The molecule has 1 aliphatic rings. The fraction of sp³-hybridized carbons (Fsp3) is 0.286. The third-order valence-corrected chi connectivity index (χ3v) is 5.91. The van der Waals surface area contributed by atoms with Crippen LogP contribution >= 0.6 is 11.3 Å². The van der Waals surface area contributed by atoms with Gasteiger partial charge in [-0.15, -0.1) is 0 Å². The Morgan fingerprint density at radius 1 is 1.23 bits per heavy atom. The number of nitrogens with one attached hydrogen (secondary N) is 2. The maximum atomic E-state index is 12.7. The molecule has 3 heterocycles. The molecular weight excluding hydrogens is 420 g/mol. The van der Waals surface area contributed by atoms with E-state index in [2.05, 4.69) is 15.6 Å². The summed E-state index contributed by atoms with van der Waals surface area (Å²) in [6.07, 6.45) is 3.46. The normalized spacial score (nSPS) is 12.8. The van der Waals surface area contributed by atoms with E-state index in [-0.39, 0.29) is 11.9 Å². The number of methoxy groups -OCH3 is 2. The molecule has 1 aliphatic heterocycles. The van der Waals surface area contributed by atoms with Gasteiger partial charge in [-0.25, -0.2) is 9.78 Å². The van der Waals surface area contributed by atoms with Gasteiger partial charge in [-0.3, -0.25) is 10.1 Å². The Morgan fingerprint density at radius 3 is 2.81 bits per heavy atom. The molecule has 3 aromatic rings. The Kier molecular flexibility index (Phi) is 6.08. The Hall–Kier alpha value is -3.53. The number of benzene rings is 1. The van der Waals surface area contributed by atoms with Gasteiger partial charge in [-0.1, -0.05) is 17.4 Å². The lowest BCUT2D eigenvalue weighted by Gasteiger charge is -2.26. The molecule has 162 valence electrons. The molecule has 0 radical (unpaired) electrons. The van der Waals surface area contributed by atoms with Gasteiger partial charge < -0.3 is 24.1 Å². The maximum absolute atomic E-state index is 12.7. The lowest BCUT2D eigenvalue weighted by molar-refractivity contribution is 0.102. The first kappa shape index (κ1) is 20.7. The summed E-state index contributed by atoms with van der Waals surface area (Å²) in [7, 11) is 3.16. The molecule has 2 N–H and O–H groups in total. The van der Waals surface area contributed by atoms with E-state index >= 15 is 0 Å². The quantitative estimate of drug-likeness (QED) is 0.607. The Bertz CT molecular complexity index is 1080. The average Bonchev–Trinajstić information content (AvgIpc) is 3.46. The lowest BCUT2D eigenvalue weighted by atomic mass is 10.2. The zero-order valence-corrected chi connectivity index (χ0v) is 18.0. The standard InChI is InChI=1S/C21H22N4O5S/c1-28-16-4-3-13(9-17(16)29-2)10-22-21(27)25-7-5-15-18(11-25)31-20(23-15)24-19(26)14-6-8-30-12-14/h3-4,6,8-9,12H,5,7,10-11H2,1-2H3,(H,22,27)(H,23,24,26). The topological polar surface area (TPSA) is 106 Å². The summed E-state index contributed by atoms with van der Waals surface area (Å²) in [6, 6.07) is 6.97. The molecule has 0 aliphatic carbocycles. The molecule has 0 bridgehead atoms. The number of rotatable bonds is 6. The predicted octanol–water partition coefficient (Wildman–Crippen LogP) is 3.27. The molecule has 10 heteroatoms. The summed E-state index contributed by atoms with van der Waals surface area (Å²) in [5.74, 6) is 0.984. The second-order valence-electron chi connectivity index (χ2n) is 6.87. The SMILES string of the molecule is COc1ccc(CNC(=O)N2CCc3nc(NC(=O)c4ccoc4)sc3C2)cc1OC. The Morgan fingerprint density at radius 2 is 2.06 bits per heavy atom. The highest BCUT2D eigenvalue weighted by atomic mass is 32.1. The zero-order chi connectivity index (χ0) is 21.8. The summed E-state index contributed by atoms with van der Waals surface area (Å²) in [6.45, 7) is 1.38. The number of carbonyl (C=O) groups is 2. The molecule has 9 nitrogen and oxygen atoms in total. The minimum atomic E-state index is -0.274. The second-order valence-corrected chi connectivity index (χ2v) is 7.96. The average molecular weight is 442 g/mol. The molecule has 0 spiro atoms. The van der Waals surface area contributed by atoms with Gasteiger partial charge in [0, 0.05) is 24.4 Å². The number of carbonyl (C=O) groups excluding carboxylic acids is 2. The highest BCUT2D eigenvalue weighted by Crippen LogP contribution is 2.29. The molecular formula is C21H22N4O5S. The number of ether oxygens (including phenoxy) is 2. The van der Waals surface area contributed by atoms with Crippen LogP contribution in [0.25, 0.3) is 0 Å². The van der Waals surface area contributed by atoms with E-state index in [1.165, 1.54) is 23.9 Å². The monoisotopic (exact) mass is 442 g/mol. The van der Waals surface area contributed by atoms with Crippen molar-refractivity contribution in [2.24, 2.45) is 0 Å². The number of hydrogen-bond donors (Lipinski definition) is 2. The van der Waals surface area contributed by atoms with Crippen molar-refractivity contribution < 1.29 is 23.5 Å². The molecule has 4 rings (SSSR count). The number of aromatic nitrogens is 1. The summed E-state index contributed by atoms with van der Waals surface area (Å²) in [5.41, 5.74) is 2.26. The molecule has 2 aromatic heterocycles. The Balaban J connectivity index is 1.34. The van der Waals surface area contributed by atoms with Crippen LogP contribution in [0.3, 0.4) is 0 Å². The van der Waals surface area contributed by atoms with Gasteiger partial charge in [0.1, 0.15) is 6.26 Å². The molecule has 0 fully saturated rings. The number of fused-ring (bicyclic) bond motifs is 1. The number of amides is 3. The van der Waals surface area contributed by atoms with Crippen LogP contribution in [0.15, 0.2) is 41.2 Å². The third kappa shape index (κ3) is 4.64. The van der Waals surface area contributed by atoms with Crippen molar-refractivity contribution in [1.29, 1.82) is 0 Å². The van der Waals surface area contributed by atoms with Crippen LogP contribution < -0.4 is 20.1 Å². The lowest BCUT2D eigenvalue weighted by Crippen LogP contribution is -2.42. The highest BCUT2D eigenvalue weighted by molar-refractivity contribution is 7.15. The van der Waals surface area contributed by atoms with Crippen molar-refractivity contribution in [3.8, 4) is 11.5 Å². The van der Waals surface area contributed by atoms with Crippen molar-refractivity contribution in [2.45, 2.75) is 19.5 Å². The molecule has 31 heavy (non-hydrogen) atoms. The van der Waals surface area contributed by atoms with Gasteiger partial charge in [-0.2, -0.15) is 0 Å². The van der Waals surface area contributed by atoms with Gasteiger partial charge in [0.05, 0.1) is 38.3 Å². The minimum Gasteiger partial charge on any atom is -0.493 e. The van der Waals surface area contributed by atoms with Crippen LogP contribution in [0.4, 0.5) is 9.93 Å². The molecule has 0 saturated heterocycles.